The van der Waals surface area contributed by atoms with Crippen molar-refractivity contribution in [3.8, 4) is 0 Å². The van der Waals surface area contributed by atoms with E-state index in [0.29, 0.717) is 25.6 Å². The number of nitrogens with one attached hydrogen (secondary N) is 3. The van der Waals surface area contributed by atoms with Crippen molar-refractivity contribution < 1.29 is 14.4 Å². The molecule has 3 N–H and O–H groups in total. The molecule has 1 unspecified atom stereocenters. The first-order valence-electron chi connectivity index (χ1n) is 7.24. The maximum Gasteiger partial charge on any atom is 0.322 e. The maximum absolute atomic E-state index is 12.1. The largest absolute Gasteiger partial charge is 0.339 e. The van der Waals surface area contributed by atoms with Gasteiger partial charge in [0.1, 0.15) is 5.54 Å². The second-order valence-corrected chi connectivity index (χ2v) is 5.92. The minimum absolute atomic E-state index is 0.00252. The van der Waals surface area contributed by atoms with E-state index in [-0.39, 0.29) is 18.4 Å². The van der Waals surface area contributed by atoms with Gasteiger partial charge in [0.25, 0.3) is 5.91 Å². The third-order valence-electron chi connectivity index (χ3n) is 4.53. The lowest BCUT2D eigenvalue weighted by molar-refractivity contribution is -0.130. The number of hydrogen-bond donors (Lipinski definition) is 3. The van der Waals surface area contributed by atoms with Crippen LogP contribution in [0.2, 0.25) is 0 Å². The van der Waals surface area contributed by atoms with Crippen LogP contribution in [0.15, 0.2) is 0 Å². The number of urea groups is 1. The van der Waals surface area contributed by atoms with Gasteiger partial charge in [-0.1, -0.05) is 12.8 Å². The molecule has 2 heterocycles. The first-order chi connectivity index (χ1) is 9.59. The fraction of sp³-hybridized carbons (Fsp3) is 0.769. The topological polar surface area (TPSA) is 90.5 Å². The van der Waals surface area contributed by atoms with Gasteiger partial charge in [-0.15, -0.1) is 0 Å². The summed E-state index contributed by atoms with van der Waals surface area (Å²) in [7, 11) is 0. The number of carbonyl (C=O) groups excluding carboxylic acids is 3. The van der Waals surface area contributed by atoms with Gasteiger partial charge in [-0.3, -0.25) is 14.9 Å². The Morgan fingerprint density at radius 3 is 2.75 bits per heavy atom. The van der Waals surface area contributed by atoms with Gasteiger partial charge in [-0.05, 0) is 19.3 Å². The van der Waals surface area contributed by atoms with Crippen LogP contribution >= 0.6 is 0 Å². The van der Waals surface area contributed by atoms with Crippen LogP contribution < -0.4 is 16.0 Å². The summed E-state index contributed by atoms with van der Waals surface area (Å²) in [6, 6.07) is -0.0154. The fourth-order valence-electron chi connectivity index (χ4n) is 3.31. The quantitative estimate of drug-likeness (QED) is 0.598. The van der Waals surface area contributed by atoms with Gasteiger partial charge in [-0.2, -0.15) is 0 Å². The summed E-state index contributed by atoms with van der Waals surface area (Å²) in [6.45, 7) is 1.10. The van der Waals surface area contributed by atoms with E-state index in [1.165, 1.54) is 12.8 Å². The van der Waals surface area contributed by atoms with Crippen LogP contribution in [-0.2, 0) is 9.59 Å². The van der Waals surface area contributed by atoms with Gasteiger partial charge in [0.2, 0.25) is 5.91 Å². The Bertz CT molecular complexity index is 447. The molecule has 7 nitrogen and oxygen atoms in total. The van der Waals surface area contributed by atoms with Crippen molar-refractivity contribution in [1.29, 1.82) is 0 Å². The zero-order valence-corrected chi connectivity index (χ0v) is 11.4. The molecule has 0 aromatic rings. The number of nitrogens with zero attached hydrogens (tertiary/aromatic N) is 1. The Morgan fingerprint density at radius 1 is 1.35 bits per heavy atom. The van der Waals surface area contributed by atoms with Crippen LogP contribution in [0.3, 0.4) is 0 Å². The van der Waals surface area contributed by atoms with Crippen molar-refractivity contribution in [3.63, 3.8) is 0 Å². The number of rotatable bonds is 3. The fourth-order valence-corrected chi connectivity index (χ4v) is 3.31. The molecule has 110 valence electrons. The van der Waals surface area contributed by atoms with E-state index in [4.69, 9.17) is 0 Å². The van der Waals surface area contributed by atoms with Crippen molar-refractivity contribution in [3.05, 3.63) is 0 Å². The number of carbonyl (C=O) groups is 3. The Hall–Kier alpha value is -1.63. The molecule has 7 heteroatoms. The zero-order chi connectivity index (χ0) is 14.2. The van der Waals surface area contributed by atoms with Gasteiger partial charge in [0.05, 0.1) is 13.1 Å². The number of amides is 4. The Kier molecular flexibility index (Phi) is 3.37. The van der Waals surface area contributed by atoms with Crippen LogP contribution in [-0.4, -0.2) is 54.0 Å². The molecule has 1 spiro atoms. The molecule has 1 aliphatic carbocycles. The summed E-state index contributed by atoms with van der Waals surface area (Å²) in [6.07, 6.45) is 5.21. The van der Waals surface area contributed by atoms with Crippen molar-refractivity contribution in [2.24, 2.45) is 0 Å². The van der Waals surface area contributed by atoms with Crippen LogP contribution in [0.1, 0.15) is 32.1 Å². The third kappa shape index (κ3) is 2.37. The predicted octanol–water partition coefficient (Wildman–Crippen LogP) is -0.671. The molecule has 0 aromatic heterocycles. The SMILES string of the molecule is O=C1NC(=O)C2(CCN(C(=O)CNC3CCCC3)C2)N1. The molecule has 3 aliphatic rings. The molecule has 3 fully saturated rings. The third-order valence-corrected chi connectivity index (χ3v) is 4.53. The molecule has 4 amide bonds. The molecule has 1 atom stereocenters. The lowest BCUT2D eigenvalue weighted by atomic mass is 10.00. The standard InChI is InChI=1S/C13H20N4O3/c18-10(7-14-9-3-1-2-4-9)17-6-5-13(8-17)11(19)15-12(20)16-13/h9,14H,1-8H2,(H2,15,16,19,20). The molecular formula is C13H20N4O3. The van der Waals surface area contributed by atoms with E-state index >= 15 is 0 Å². The molecule has 2 aliphatic heterocycles. The van der Waals surface area contributed by atoms with E-state index in [1.54, 1.807) is 4.90 Å². The number of hydrogen-bond acceptors (Lipinski definition) is 4. The van der Waals surface area contributed by atoms with E-state index in [9.17, 15) is 14.4 Å². The van der Waals surface area contributed by atoms with Crippen molar-refractivity contribution in [1.82, 2.24) is 20.9 Å². The highest BCUT2D eigenvalue weighted by atomic mass is 16.2. The number of likely N-dealkylation sites (tertiary alicyclic amines) is 1. The van der Waals surface area contributed by atoms with Gasteiger partial charge in [-0.25, -0.2) is 4.79 Å². The zero-order valence-electron chi connectivity index (χ0n) is 11.4. The highest BCUT2D eigenvalue weighted by molar-refractivity contribution is 6.07. The molecule has 20 heavy (non-hydrogen) atoms. The second kappa shape index (κ2) is 5.05. The Labute approximate surface area is 117 Å². The highest BCUT2D eigenvalue weighted by Crippen LogP contribution is 2.24. The first kappa shape index (κ1) is 13.4. The lowest BCUT2D eigenvalue weighted by Gasteiger charge is -2.22. The Balaban J connectivity index is 1.52. The van der Waals surface area contributed by atoms with Crippen molar-refractivity contribution in [2.75, 3.05) is 19.6 Å². The average molecular weight is 280 g/mol. The van der Waals surface area contributed by atoms with Crippen LogP contribution in [0.5, 0.6) is 0 Å². The minimum Gasteiger partial charge on any atom is -0.339 e. The normalized spacial score (nSPS) is 30.1. The smallest absolute Gasteiger partial charge is 0.322 e. The van der Waals surface area contributed by atoms with E-state index in [1.807, 2.05) is 0 Å². The van der Waals surface area contributed by atoms with E-state index < -0.39 is 11.6 Å². The molecule has 3 rings (SSSR count). The summed E-state index contributed by atoms with van der Waals surface area (Å²) >= 11 is 0. The summed E-state index contributed by atoms with van der Waals surface area (Å²) in [5, 5.41) is 8.17. The molecule has 0 bridgehead atoms. The average Bonchev–Trinajstić information content (AvgIpc) is 3.10. The van der Waals surface area contributed by atoms with Gasteiger partial charge in [0, 0.05) is 12.6 Å². The summed E-state index contributed by atoms with van der Waals surface area (Å²) < 4.78 is 0. The summed E-state index contributed by atoms with van der Waals surface area (Å²) in [5.74, 6) is -0.315. The predicted molar refractivity (Wildman–Crippen MR) is 70.9 cm³/mol. The van der Waals surface area contributed by atoms with Crippen molar-refractivity contribution >= 4 is 17.8 Å². The molecule has 2 saturated heterocycles. The van der Waals surface area contributed by atoms with Gasteiger partial charge >= 0.3 is 6.03 Å². The van der Waals surface area contributed by atoms with Gasteiger partial charge in [0.15, 0.2) is 0 Å². The summed E-state index contributed by atoms with van der Waals surface area (Å²) in [4.78, 5) is 36.8. The van der Waals surface area contributed by atoms with Crippen LogP contribution in [0, 0.1) is 0 Å². The highest BCUT2D eigenvalue weighted by Gasteiger charge is 2.51. The first-order valence-corrected chi connectivity index (χ1v) is 7.24. The second-order valence-electron chi connectivity index (χ2n) is 5.92. The van der Waals surface area contributed by atoms with Crippen molar-refractivity contribution in [2.45, 2.75) is 43.7 Å². The van der Waals surface area contributed by atoms with Gasteiger partial charge < -0.3 is 15.5 Å². The van der Waals surface area contributed by atoms with Crippen LogP contribution in [0.25, 0.3) is 0 Å². The summed E-state index contributed by atoms with van der Waals surface area (Å²) in [5.41, 5.74) is -0.903. The molecule has 0 radical (unpaired) electrons. The maximum atomic E-state index is 12.1. The lowest BCUT2D eigenvalue weighted by Crippen LogP contribution is -2.50. The molecular weight excluding hydrogens is 260 g/mol. The number of imide groups is 1. The van der Waals surface area contributed by atoms with Crippen LogP contribution in [0.4, 0.5) is 4.79 Å². The molecule has 0 aromatic carbocycles. The Morgan fingerprint density at radius 2 is 2.10 bits per heavy atom. The molecule has 1 saturated carbocycles. The van der Waals surface area contributed by atoms with E-state index in [0.717, 1.165) is 12.8 Å². The monoisotopic (exact) mass is 280 g/mol. The van der Waals surface area contributed by atoms with E-state index in [2.05, 4.69) is 16.0 Å². The minimum atomic E-state index is -0.903.